The number of halogens is 4. The molecule has 0 unspecified atom stereocenters. The number of nitrogens with one attached hydrogen (secondary N) is 1. The molecule has 0 saturated carbocycles. The van der Waals surface area contributed by atoms with Gasteiger partial charge >= 0.3 is 6.18 Å². The number of anilines is 1. The minimum Gasteiger partial charge on any atom is -0.491 e. The largest absolute Gasteiger partial charge is 0.491 e. The number of nitrogens with zero attached hydrogens (tertiary/aromatic N) is 2. The average molecular weight is 456 g/mol. The lowest BCUT2D eigenvalue weighted by Crippen LogP contribution is -2.40. The molecule has 3 rings (SSSR count). The van der Waals surface area contributed by atoms with Crippen LogP contribution in [0, 0.1) is 5.92 Å². The second-order valence-electron chi connectivity index (χ2n) is 7.78. The number of amides is 1. The second-order valence-corrected chi connectivity index (χ2v) is 8.19. The zero-order chi connectivity index (χ0) is 22.6. The summed E-state index contributed by atoms with van der Waals surface area (Å²) < 4.78 is 44.2. The summed E-state index contributed by atoms with van der Waals surface area (Å²) in [5.74, 6) is 0.831. The Morgan fingerprint density at radius 2 is 1.97 bits per heavy atom. The molecule has 9 heteroatoms. The van der Waals surface area contributed by atoms with Crippen molar-refractivity contribution in [2.45, 2.75) is 45.5 Å². The third kappa shape index (κ3) is 6.03. The molecule has 0 bridgehead atoms. The molecule has 1 aromatic carbocycles. The van der Waals surface area contributed by atoms with Crippen LogP contribution in [0.3, 0.4) is 0 Å². The van der Waals surface area contributed by atoms with Gasteiger partial charge in [-0.25, -0.2) is 4.98 Å². The summed E-state index contributed by atoms with van der Waals surface area (Å²) in [5, 5.41) is 2.93. The Bertz CT molecular complexity index is 913. The molecule has 0 atom stereocenters. The Labute approximate surface area is 184 Å². The number of benzene rings is 1. The van der Waals surface area contributed by atoms with E-state index >= 15 is 0 Å². The van der Waals surface area contributed by atoms with Gasteiger partial charge < -0.3 is 15.0 Å². The molecule has 0 radical (unpaired) electrons. The maximum atomic E-state index is 12.8. The van der Waals surface area contributed by atoms with Gasteiger partial charge in [0.05, 0.1) is 16.7 Å². The summed E-state index contributed by atoms with van der Waals surface area (Å²) in [6.45, 7) is 5.24. The van der Waals surface area contributed by atoms with Gasteiger partial charge in [0, 0.05) is 37.3 Å². The van der Waals surface area contributed by atoms with Crippen molar-refractivity contribution in [3.05, 3.63) is 52.7 Å². The van der Waals surface area contributed by atoms with Crippen LogP contribution < -0.4 is 15.0 Å². The van der Waals surface area contributed by atoms with Crippen LogP contribution >= 0.6 is 11.6 Å². The van der Waals surface area contributed by atoms with E-state index < -0.39 is 11.7 Å². The minimum atomic E-state index is -4.49. The number of para-hydroxylation sites is 1. The molecule has 1 aromatic heterocycles. The lowest BCUT2D eigenvalue weighted by atomic mass is 9.95. The van der Waals surface area contributed by atoms with Crippen molar-refractivity contribution in [2.24, 2.45) is 5.92 Å². The number of aromatic nitrogens is 1. The highest BCUT2D eigenvalue weighted by atomic mass is 35.5. The van der Waals surface area contributed by atoms with Crippen LogP contribution in [0.4, 0.5) is 19.0 Å². The smallest absolute Gasteiger partial charge is 0.417 e. The van der Waals surface area contributed by atoms with Crippen LogP contribution in [0.2, 0.25) is 5.02 Å². The molecule has 2 aromatic rings. The molecule has 1 fully saturated rings. The van der Waals surface area contributed by atoms with E-state index in [0.717, 1.165) is 23.6 Å². The average Bonchev–Trinajstić information content (AvgIpc) is 2.72. The van der Waals surface area contributed by atoms with E-state index in [1.54, 1.807) is 0 Å². The lowest BCUT2D eigenvalue weighted by Gasteiger charge is -2.32. The topological polar surface area (TPSA) is 54.5 Å². The first-order valence-electron chi connectivity index (χ1n) is 10.1. The van der Waals surface area contributed by atoms with Crippen LogP contribution in [-0.2, 0) is 17.5 Å². The van der Waals surface area contributed by atoms with E-state index in [4.69, 9.17) is 16.3 Å². The Morgan fingerprint density at radius 1 is 1.29 bits per heavy atom. The number of ether oxygens (including phenoxy) is 1. The first-order chi connectivity index (χ1) is 14.6. The van der Waals surface area contributed by atoms with Crippen molar-refractivity contribution < 1.29 is 22.7 Å². The number of alkyl halides is 3. The second kappa shape index (κ2) is 9.77. The highest BCUT2D eigenvalue weighted by Gasteiger charge is 2.33. The summed E-state index contributed by atoms with van der Waals surface area (Å²) in [7, 11) is 0. The number of rotatable bonds is 6. The number of hydrogen-bond acceptors (Lipinski definition) is 4. The van der Waals surface area contributed by atoms with Gasteiger partial charge in [0.25, 0.3) is 0 Å². The third-order valence-electron chi connectivity index (χ3n) is 5.10. The van der Waals surface area contributed by atoms with E-state index in [1.807, 2.05) is 43.0 Å². The molecule has 0 spiro atoms. The molecule has 1 aliphatic heterocycles. The van der Waals surface area contributed by atoms with E-state index in [9.17, 15) is 18.0 Å². The summed E-state index contributed by atoms with van der Waals surface area (Å²) in [5.41, 5.74) is 0.0277. The van der Waals surface area contributed by atoms with Crippen molar-refractivity contribution in [1.29, 1.82) is 0 Å². The molecule has 168 valence electrons. The SMILES string of the molecule is CC(C)Oc1ccccc1CNC(=O)C1CCN(c2ncc(C(F)(F)F)cc2Cl)CC1. The first-order valence-corrected chi connectivity index (χ1v) is 10.5. The zero-order valence-corrected chi connectivity index (χ0v) is 18.1. The van der Waals surface area contributed by atoms with Gasteiger partial charge in [-0.2, -0.15) is 13.2 Å². The van der Waals surface area contributed by atoms with Gasteiger partial charge in [0.1, 0.15) is 11.6 Å². The lowest BCUT2D eigenvalue weighted by molar-refractivity contribution is -0.137. The minimum absolute atomic E-state index is 0.0341. The van der Waals surface area contributed by atoms with Crippen LogP contribution in [0.5, 0.6) is 5.75 Å². The van der Waals surface area contributed by atoms with Crippen molar-refractivity contribution in [3.63, 3.8) is 0 Å². The van der Waals surface area contributed by atoms with Gasteiger partial charge in [0.15, 0.2) is 0 Å². The van der Waals surface area contributed by atoms with Crippen LogP contribution in [0.1, 0.15) is 37.8 Å². The van der Waals surface area contributed by atoms with Crippen molar-refractivity contribution in [2.75, 3.05) is 18.0 Å². The predicted octanol–water partition coefficient (Wildman–Crippen LogP) is 5.07. The number of carbonyl (C=O) groups is 1. The van der Waals surface area contributed by atoms with Crippen molar-refractivity contribution in [1.82, 2.24) is 10.3 Å². The molecule has 2 heterocycles. The number of carbonyl (C=O) groups excluding carboxylic acids is 1. The molecular formula is C22H25ClF3N3O2. The predicted molar refractivity (Wildman–Crippen MR) is 113 cm³/mol. The Hall–Kier alpha value is -2.48. The van der Waals surface area contributed by atoms with Gasteiger partial charge in [-0.3, -0.25) is 4.79 Å². The van der Waals surface area contributed by atoms with Crippen molar-refractivity contribution >= 4 is 23.3 Å². The van der Waals surface area contributed by atoms with Crippen molar-refractivity contribution in [3.8, 4) is 5.75 Å². The van der Waals surface area contributed by atoms with Gasteiger partial charge in [-0.15, -0.1) is 0 Å². The quantitative estimate of drug-likeness (QED) is 0.660. The molecular weight excluding hydrogens is 431 g/mol. The summed E-state index contributed by atoms with van der Waals surface area (Å²) >= 11 is 6.04. The molecule has 0 aliphatic carbocycles. The number of piperidine rings is 1. The summed E-state index contributed by atoms with van der Waals surface area (Å²) in [6.07, 6.45) is -2.54. The van der Waals surface area contributed by atoms with Crippen LogP contribution in [0.25, 0.3) is 0 Å². The summed E-state index contributed by atoms with van der Waals surface area (Å²) in [6, 6.07) is 8.46. The van der Waals surface area contributed by atoms with E-state index in [0.29, 0.717) is 38.3 Å². The molecule has 5 nitrogen and oxygen atoms in total. The molecule has 1 N–H and O–H groups in total. The normalized spacial score (nSPS) is 15.3. The Balaban J connectivity index is 1.55. The molecule has 31 heavy (non-hydrogen) atoms. The maximum absolute atomic E-state index is 12.8. The fourth-order valence-electron chi connectivity index (χ4n) is 3.52. The van der Waals surface area contributed by atoms with E-state index in [1.165, 1.54) is 0 Å². The van der Waals surface area contributed by atoms with Gasteiger partial charge in [-0.05, 0) is 38.8 Å². The highest BCUT2D eigenvalue weighted by Crippen LogP contribution is 2.34. The van der Waals surface area contributed by atoms with E-state index in [-0.39, 0.29) is 23.0 Å². The standard InChI is InChI=1S/C22H25ClF3N3O2/c1-14(2)31-19-6-4-3-5-16(19)12-28-21(30)15-7-9-29(10-8-15)20-18(23)11-17(13-27-20)22(24,25)26/h3-6,11,13-15H,7-10,12H2,1-2H3,(H,28,30). The van der Waals surface area contributed by atoms with E-state index in [2.05, 4.69) is 10.3 Å². The molecule has 1 saturated heterocycles. The monoisotopic (exact) mass is 455 g/mol. The molecule has 1 aliphatic rings. The van der Waals surface area contributed by atoms with Crippen LogP contribution in [-0.4, -0.2) is 30.1 Å². The van der Waals surface area contributed by atoms with Gasteiger partial charge in [0.2, 0.25) is 5.91 Å². The first kappa shape index (κ1) is 23.2. The Morgan fingerprint density at radius 3 is 2.58 bits per heavy atom. The number of hydrogen-bond donors (Lipinski definition) is 1. The summed E-state index contributed by atoms with van der Waals surface area (Å²) in [4.78, 5) is 18.4. The van der Waals surface area contributed by atoms with Gasteiger partial charge in [-0.1, -0.05) is 29.8 Å². The maximum Gasteiger partial charge on any atom is 0.417 e. The molecule has 1 amide bonds. The number of pyridine rings is 1. The zero-order valence-electron chi connectivity index (χ0n) is 17.4. The fraction of sp³-hybridized carbons (Fsp3) is 0.455. The Kier molecular flexibility index (Phi) is 7.30. The fourth-order valence-corrected chi connectivity index (χ4v) is 3.80. The highest BCUT2D eigenvalue weighted by molar-refractivity contribution is 6.33. The van der Waals surface area contributed by atoms with Crippen LogP contribution in [0.15, 0.2) is 36.5 Å². The third-order valence-corrected chi connectivity index (χ3v) is 5.38.